The lowest BCUT2D eigenvalue weighted by atomic mass is 10.3. The van der Waals surface area contributed by atoms with E-state index in [9.17, 15) is 0 Å². The van der Waals surface area contributed by atoms with Crippen LogP contribution in [-0.4, -0.2) is 13.1 Å². The smallest absolute Gasteiger partial charge is 0.0212 e. The summed E-state index contributed by atoms with van der Waals surface area (Å²) in [6, 6.07) is 0. The topological polar surface area (TPSA) is 12.0 Å². The van der Waals surface area contributed by atoms with Gasteiger partial charge in [0.25, 0.3) is 0 Å². The van der Waals surface area contributed by atoms with Gasteiger partial charge in [-0.1, -0.05) is 11.6 Å². The van der Waals surface area contributed by atoms with Crippen LogP contribution < -0.4 is 5.32 Å². The third-order valence-corrected chi connectivity index (χ3v) is 1.10. The summed E-state index contributed by atoms with van der Waals surface area (Å²) in [5.41, 5.74) is 1.34. The Kier molecular flexibility index (Phi) is 5.91. The number of allylic oxidation sites excluding steroid dienone is 1. The molecule has 0 aliphatic heterocycles. The molecule has 1 nitrogen and oxygen atoms in total. The Balaban J connectivity index is 3.07. The quantitative estimate of drug-likeness (QED) is 0.352. The fourth-order valence-electron chi connectivity index (χ4n) is 0.539. The maximum atomic E-state index is 5.07. The van der Waals surface area contributed by atoms with Gasteiger partial charge in [0.05, 0.1) is 0 Å². The minimum Gasteiger partial charge on any atom is -0.312 e. The summed E-state index contributed by atoms with van der Waals surface area (Å²) in [5, 5.41) is 3.20. The molecule has 0 bridgehead atoms. The van der Waals surface area contributed by atoms with Crippen LogP contribution in [0.4, 0.5) is 0 Å². The van der Waals surface area contributed by atoms with E-state index in [-0.39, 0.29) is 0 Å². The van der Waals surface area contributed by atoms with E-state index in [1.54, 1.807) is 0 Å². The molecule has 0 radical (unpaired) electrons. The summed E-state index contributed by atoms with van der Waals surface area (Å²) in [6.07, 6.45) is 8.03. The van der Waals surface area contributed by atoms with Gasteiger partial charge in [-0.2, -0.15) is 0 Å². The molecule has 0 atom stereocenters. The van der Waals surface area contributed by atoms with Crippen molar-refractivity contribution in [2.24, 2.45) is 0 Å². The van der Waals surface area contributed by atoms with Gasteiger partial charge in [-0.15, -0.1) is 12.3 Å². The lowest BCUT2D eigenvalue weighted by molar-refractivity contribution is 0.762. The Labute approximate surface area is 63.5 Å². The zero-order valence-corrected chi connectivity index (χ0v) is 6.78. The van der Waals surface area contributed by atoms with Gasteiger partial charge in [0.15, 0.2) is 0 Å². The van der Waals surface area contributed by atoms with E-state index in [4.69, 9.17) is 6.42 Å². The molecular formula is C9H15N. The second-order valence-corrected chi connectivity index (χ2v) is 2.44. The minimum absolute atomic E-state index is 0.816. The first-order chi connectivity index (χ1) is 4.77. The van der Waals surface area contributed by atoms with Gasteiger partial charge in [0, 0.05) is 19.5 Å². The molecule has 0 aromatic rings. The number of terminal acetylenes is 1. The monoisotopic (exact) mass is 137 g/mol. The van der Waals surface area contributed by atoms with Crippen LogP contribution in [0.5, 0.6) is 0 Å². The Bertz CT molecular complexity index is 135. The Hall–Kier alpha value is -0.740. The van der Waals surface area contributed by atoms with Gasteiger partial charge >= 0.3 is 0 Å². The van der Waals surface area contributed by atoms with Crippen molar-refractivity contribution >= 4 is 0 Å². The lowest BCUT2D eigenvalue weighted by Gasteiger charge is -1.96. The first kappa shape index (κ1) is 9.26. The van der Waals surface area contributed by atoms with Gasteiger partial charge < -0.3 is 5.32 Å². The van der Waals surface area contributed by atoms with E-state index in [0.717, 1.165) is 19.5 Å². The largest absolute Gasteiger partial charge is 0.312 e. The summed E-state index contributed by atoms with van der Waals surface area (Å²) in [6.45, 7) is 6.02. The summed E-state index contributed by atoms with van der Waals surface area (Å²) >= 11 is 0. The zero-order chi connectivity index (χ0) is 7.82. The predicted molar refractivity (Wildman–Crippen MR) is 45.8 cm³/mol. The molecule has 0 spiro atoms. The molecule has 0 saturated heterocycles. The molecule has 10 heavy (non-hydrogen) atoms. The Morgan fingerprint density at radius 1 is 1.60 bits per heavy atom. The third-order valence-electron chi connectivity index (χ3n) is 1.10. The molecule has 0 heterocycles. The van der Waals surface area contributed by atoms with Crippen LogP contribution in [-0.2, 0) is 0 Å². The number of hydrogen-bond acceptors (Lipinski definition) is 1. The first-order valence-electron chi connectivity index (χ1n) is 3.55. The molecule has 0 aliphatic carbocycles. The molecule has 0 amide bonds. The maximum Gasteiger partial charge on any atom is 0.0212 e. The van der Waals surface area contributed by atoms with Crippen molar-refractivity contribution in [3.05, 3.63) is 11.6 Å². The summed E-state index contributed by atoms with van der Waals surface area (Å²) in [5.74, 6) is 2.57. The van der Waals surface area contributed by atoms with Crippen molar-refractivity contribution in [3.8, 4) is 12.3 Å². The summed E-state index contributed by atoms with van der Waals surface area (Å²) < 4.78 is 0. The fraction of sp³-hybridized carbons (Fsp3) is 0.556. The highest BCUT2D eigenvalue weighted by atomic mass is 14.8. The van der Waals surface area contributed by atoms with Crippen molar-refractivity contribution in [1.29, 1.82) is 0 Å². The van der Waals surface area contributed by atoms with Gasteiger partial charge in [0.2, 0.25) is 0 Å². The molecular weight excluding hydrogens is 122 g/mol. The molecule has 0 fully saturated rings. The standard InChI is InChI=1S/C9H15N/c1-4-5-7-10-8-6-9(2)3/h1,6,10H,5,7-8H2,2-3H3. The van der Waals surface area contributed by atoms with Crippen LogP contribution in [0, 0.1) is 12.3 Å². The first-order valence-corrected chi connectivity index (χ1v) is 3.55. The second-order valence-electron chi connectivity index (χ2n) is 2.44. The molecule has 0 aromatic carbocycles. The van der Waals surface area contributed by atoms with Gasteiger partial charge in [-0.3, -0.25) is 0 Å². The Morgan fingerprint density at radius 2 is 2.30 bits per heavy atom. The van der Waals surface area contributed by atoms with Gasteiger partial charge in [-0.25, -0.2) is 0 Å². The summed E-state index contributed by atoms with van der Waals surface area (Å²) in [4.78, 5) is 0. The van der Waals surface area contributed by atoms with Crippen molar-refractivity contribution in [3.63, 3.8) is 0 Å². The third kappa shape index (κ3) is 7.26. The van der Waals surface area contributed by atoms with Crippen LogP contribution in [0.3, 0.4) is 0 Å². The SMILES string of the molecule is C#CCCNCC=C(C)C. The van der Waals surface area contributed by atoms with Crippen LogP contribution in [0.15, 0.2) is 11.6 Å². The van der Waals surface area contributed by atoms with E-state index in [0.29, 0.717) is 0 Å². The maximum absolute atomic E-state index is 5.07. The average molecular weight is 137 g/mol. The molecule has 0 aromatic heterocycles. The molecule has 1 N–H and O–H groups in total. The van der Waals surface area contributed by atoms with E-state index in [2.05, 4.69) is 31.2 Å². The highest BCUT2D eigenvalue weighted by Crippen LogP contribution is 1.84. The highest BCUT2D eigenvalue weighted by Gasteiger charge is 1.80. The van der Waals surface area contributed by atoms with Crippen LogP contribution in [0.2, 0.25) is 0 Å². The van der Waals surface area contributed by atoms with Crippen LogP contribution in [0.1, 0.15) is 20.3 Å². The average Bonchev–Trinajstić information content (AvgIpc) is 1.87. The van der Waals surface area contributed by atoms with E-state index in [1.807, 2.05) is 0 Å². The Morgan fingerprint density at radius 3 is 2.80 bits per heavy atom. The number of rotatable bonds is 4. The second kappa shape index (κ2) is 6.38. The zero-order valence-electron chi connectivity index (χ0n) is 6.78. The minimum atomic E-state index is 0.816. The molecule has 0 aliphatic rings. The molecule has 1 heteroatoms. The van der Waals surface area contributed by atoms with E-state index >= 15 is 0 Å². The van der Waals surface area contributed by atoms with E-state index < -0.39 is 0 Å². The predicted octanol–water partition coefficient (Wildman–Crippen LogP) is 1.57. The number of hydrogen-bond donors (Lipinski definition) is 1. The molecule has 0 unspecified atom stereocenters. The molecule has 56 valence electrons. The number of nitrogens with one attached hydrogen (secondary N) is 1. The summed E-state index contributed by atoms with van der Waals surface area (Å²) in [7, 11) is 0. The molecule has 0 rings (SSSR count). The van der Waals surface area contributed by atoms with Crippen LogP contribution in [0.25, 0.3) is 0 Å². The molecule has 0 saturated carbocycles. The van der Waals surface area contributed by atoms with Gasteiger partial charge in [0.1, 0.15) is 0 Å². The van der Waals surface area contributed by atoms with Crippen LogP contribution >= 0.6 is 0 Å². The van der Waals surface area contributed by atoms with Crippen molar-refractivity contribution in [2.75, 3.05) is 13.1 Å². The van der Waals surface area contributed by atoms with Crippen molar-refractivity contribution in [1.82, 2.24) is 5.32 Å². The van der Waals surface area contributed by atoms with Gasteiger partial charge in [-0.05, 0) is 13.8 Å². The fourth-order valence-corrected chi connectivity index (χ4v) is 0.539. The van der Waals surface area contributed by atoms with Crippen molar-refractivity contribution < 1.29 is 0 Å². The normalized spacial score (nSPS) is 8.50. The van der Waals surface area contributed by atoms with Crippen molar-refractivity contribution in [2.45, 2.75) is 20.3 Å². The highest BCUT2D eigenvalue weighted by molar-refractivity contribution is 4.94. The lowest BCUT2D eigenvalue weighted by Crippen LogP contribution is -2.14. The van der Waals surface area contributed by atoms with E-state index in [1.165, 1.54) is 5.57 Å².